The molecule has 1 N–H and O–H groups in total. The minimum absolute atomic E-state index is 0.212. The third kappa shape index (κ3) is 2.05. The predicted octanol–water partition coefficient (Wildman–Crippen LogP) is 3.26. The van der Waals surface area contributed by atoms with Crippen LogP contribution < -0.4 is 0 Å². The zero-order valence-corrected chi connectivity index (χ0v) is 11.1. The molecule has 100 valence electrons. The van der Waals surface area contributed by atoms with Crippen LogP contribution in [0.5, 0.6) is 0 Å². The third-order valence-electron chi connectivity index (χ3n) is 3.37. The lowest BCUT2D eigenvalue weighted by molar-refractivity contribution is 0.0698. The molecule has 2 aromatic heterocycles. The quantitative estimate of drug-likeness (QED) is 0.791. The van der Waals surface area contributed by atoms with Crippen LogP contribution >= 0.6 is 0 Å². The number of pyridine rings is 1. The van der Waals surface area contributed by atoms with Crippen molar-refractivity contribution >= 4 is 11.6 Å². The van der Waals surface area contributed by atoms with E-state index in [9.17, 15) is 9.90 Å². The maximum absolute atomic E-state index is 11.2. The summed E-state index contributed by atoms with van der Waals surface area (Å²) in [6.45, 7) is 2.11. The second kappa shape index (κ2) is 4.81. The lowest BCUT2D eigenvalue weighted by atomic mass is 10.1. The molecule has 0 saturated carbocycles. The molecule has 0 spiro atoms. The van der Waals surface area contributed by atoms with Crippen LogP contribution in [0.1, 0.15) is 22.8 Å². The van der Waals surface area contributed by atoms with Gasteiger partial charge in [0.2, 0.25) is 0 Å². The smallest absolute Gasteiger partial charge is 0.339 e. The molecule has 2 heterocycles. The van der Waals surface area contributed by atoms with Crippen LogP contribution in [0.25, 0.3) is 16.9 Å². The van der Waals surface area contributed by atoms with E-state index in [1.807, 2.05) is 18.3 Å². The number of hydrogen-bond donors (Lipinski definition) is 1. The Labute approximate surface area is 116 Å². The van der Waals surface area contributed by atoms with Gasteiger partial charge in [-0.05, 0) is 24.1 Å². The summed E-state index contributed by atoms with van der Waals surface area (Å²) in [5, 5.41) is 9.18. The van der Waals surface area contributed by atoms with Crippen molar-refractivity contribution in [1.82, 2.24) is 9.38 Å². The van der Waals surface area contributed by atoms with E-state index in [1.165, 1.54) is 5.56 Å². The van der Waals surface area contributed by atoms with Gasteiger partial charge >= 0.3 is 5.97 Å². The first-order chi connectivity index (χ1) is 9.69. The van der Waals surface area contributed by atoms with Crippen molar-refractivity contribution in [1.29, 1.82) is 0 Å². The first kappa shape index (κ1) is 12.4. The number of aromatic nitrogens is 2. The molecule has 3 aromatic rings. The molecule has 0 amide bonds. The number of imidazole rings is 1. The highest BCUT2D eigenvalue weighted by atomic mass is 16.4. The number of aryl methyl sites for hydroxylation is 1. The van der Waals surface area contributed by atoms with E-state index in [0.29, 0.717) is 5.65 Å². The zero-order valence-electron chi connectivity index (χ0n) is 11.1. The van der Waals surface area contributed by atoms with Crippen LogP contribution in [0.3, 0.4) is 0 Å². The molecule has 0 fully saturated rings. The summed E-state index contributed by atoms with van der Waals surface area (Å²) in [4.78, 5) is 15.6. The number of aromatic carboxylic acids is 1. The van der Waals surface area contributed by atoms with Gasteiger partial charge in [0, 0.05) is 18.0 Å². The molecule has 0 bridgehead atoms. The lowest BCUT2D eigenvalue weighted by Gasteiger charge is -1.98. The molecule has 20 heavy (non-hydrogen) atoms. The van der Waals surface area contributed by atoms with Crippen LogP contribution in [0, 0.1) is 0 Å². The number of carboxylic acids is 1. The highest BCUT2D eigenvalue weighted by Crippen LogP contribution is 2.21. The standard InChI is InChI=1S/C16H14N2O2/c1-2-11-5-7-12(8-6-11)14-10-18-9-3-4-13(16(19)20)15(18)17-14/h3-10H,2H2,1H3,(H,19,20). The Morgan fingerprint density at radius 1 is 1.25 bits per heavy atom. The molecule has 0 saturated heterocycles. The van der Waals surface area contributed by atoms with Crippen molar-refractivity contribution < 1.29 is 9.90 Å². The minimum Gasteiger partial charge on any atom is -0.478 e. The number of nitrogens with zero attached hydrogens (tertiary/aromatic N) is 2. The number of benzene rings is 1. The average molecular weight is 266 g/mol. The molecule has 4 heteroatoms. The normalized spacial score (nSPS) is 10.8. The topological polar surface area (TPSA) is 54.6 Å². The minimum atomic E-state index is -0.964. The molecule has 1 aromatic carbocycles. The van der Waals surface area contributed by atoms with Crippen molar-refractivity contribution in [2.75, 3.05) is 0 Å². The van der Waals surface area contributed by atoms with E-state index in [0.717, 1.165) is 17.7 Å². The number of fused-ring (bicyclic) bond motifs is 1. The summed E-state index contributed by atoms with van der Waals surface area (Å²) >= 11 is 0. The van der Waals surface area contributed by atoms with Gasteiger partial charge in [0.05, 0.1) is 5.69 Å². The molecule has 0 unspecified atom stereocenters. The van der Waals surface area contributed by atoms with Gasteiger partial charge in [0.25, 0.3) is 0 Å². The van der Waals surface area contributed by atoms with Gasteiger partial charge in [0.1, 0.15) is 5.56 Å². The zero-order chi connectivity index (χ0) is 14.1. The first-order valence-electron chi connectivity index (χ1n) is 6.49. The Bertz CT molecular complexity index is 773. The van der Waals surface area contributed by atoms with Crippen molar-refractivity contribution in [2.24, 2.45) is 0 Å². The van der Waals surface area contributed by atoms with E-state index in [-0.39, 0.29) is 5.56 Å². The average Bonchev–Trinajstić information content (AvgIpc) is 2.90. The maximum atomic E-state index is 11.2. The van der Waals surface area contributed by atoms with Crippen molar-refractivity contribution in [3.8, 4) is 11.3 Å². The van der Waals surface area contributed by atoms with E-state index >= 15 is 0 Å². The van der Waals surface area contributed by atoms with Gasteiger partial charge in [-0.2, -0.15) is 0 Å². The maximum Gasteiger partial charge on any atom is 0.339 e. The molecular weight excluding hydrogens is 252 g/mol. The van der Waals surface area contributed by atoms with E-state index in [1.54, 1.807) is 22.7 Å². The van der Waals surface area contributed by atoms with Crippen LogP contribution in [0.4, 0.5) is 0 Å². The van der Waals surface area contributed by atoms with E-state index in [2.05, 4.69) is 24.0 Å². The summed E-state index contributed by atoms with van der Waals surface area (Å²) in [6.07, 6.45) is 4.65. The van der Waals surface area contributed by atoms with Crippen molar-refractivity contribution in [2.45, 2.75) is 13.3 Å². The van der Waals surface area contributed by atoms with E-state index in [4.69, 9.17) is 0 Å². The Hall–Kier alpha value is -2.62. The number of carboxylic acid groups (broad SMARTS) is 1. The van der Waals surface area contributed by atoms with Crippen LogP contribution in [0.2, 0.25) is 0 Å². The molecule has 0 aliphatic rings. The fourth-order valence-corrected chi connectivity index (χ4v) is 2.23. The van der Waals surface area contributed by atoms with Crippen LogP contribution in [0.15, 0.2) is 48.8 Å². The Kier molecular flexibility index (Phi) is 2.99. The van der Waals surface area contributed by atoms with Gasteiger partial charge in [0.15, 0.2) is 5.65 Å². The molecule has 0 atom stereocenters. The Morgan fingerprint density at radius 3 is 2.65 bits per heavy atom. The Morgan fingerprint density at radius 2 is 2.00 bits per heavy atom. The second-order valence-electron chi connectivity index (χ2n) is 4.63. The van der Waals surface area contributed by atoms with Gasteiger partial charge in [-0.1, -0.05) is 31.2 Å². The van der Waals surface area contributed by atoms with Crippen molar-refractivity contribution in [3.05, 3.63) is 59.9 Å². The van der Waals surface area contributed by atoms with Gasteiger partial charge < -0.3 is 9.51 Å². The SMILES string of the molecule is CCc1ccc(-c2cn3cccc(C(=O)O)c3n2)cc1. The molecule has 0 radical (unpaired) electrons. The predicted molar refractivity (Wildman–Crippen MR) is 77.0 cm³/mol. The first-order valence-corrected chi connectivity index (χ1v) is 6.49. The highest BCUT2D eigenvalue weighted by Gasteiger charge is 2.12. The molecular formula is C16H14N2O2. The van der Waals surface area contributed by atoms with Gasteiger partial charge in [-0.3, -0.25) is 0 Å². The van der Waals surface area contributed by atoms with Crippen LogP contribution in [-0.4, -0.2) is 20.5 Å². The third-order valence-corrected chi connectivity index (χ3v) is 3.37. The fraction of sp³-hybridized carbons (Fsp3) is 0.125. The summed E-state index contributed by atoms with van der Waals surface area (Å²) in [5.41, 5.74) is 3.71. The molecule has 0 aliphatic heterocycles. The summed E-state index contributed by atoms with van der Waals surface area (Å²) < 4.78 is 1.74. The van der Waals surface area contributed by atoms with Crippen molar-refractivity contribution in [3.63, 3.8) is 0 Å². The van der Waals surface area contributed by atoms with Gasteiger partial charge in [-0.15, -0.1) is 0 Å². The van der Waals surface area contributed by atoms with Gasteiger partial charge in [-0.25, -0.2) is 9.78 Å². The van der Waals surface area contributed by atoms with Crippen LogP contribution in [-0.2, 0) is 6.42 Å². The number of carbonyl (C=O) groups is 1. The summed E-state index contributed by atoms with van der Waals surface area (Å²) in [6, 6.07) is 11.4. The molecule has 0 aliphatic carbocycles. The summed E-state index contributed by atoms with van der Waals surface area (Å²) in [5.74, 6) is -0.964. The molecule has 3 rings (SSSR count). The largest absolute Gasteiger partial charge is 0.478 e. The monoisotopic (exact) mass is 266 g/mol. The number of rotatable bonds is 3. The fourth-order valence-electron chi connectivity index (χ4n) is 2.23. The highest BCUT2D eigenvalue weighted by molar-refractivity contribution is 5.94. The number of hydrogen-bond acceptors (Lipinski definition) is 2. The molecule has 4 nitrogen and oxygen atoms in total. The lowest BCUT2D eigenvalue weighted by Crippen LogP contribution is -1.99. The van der Waals surface area contributed by atoms with E-state index < -0.39 is 5.97 Å². The second-order valence-corrected chi connectivity index (χ2v) is 4.63. The summed E-state index contributed by atoms with van der Waals surface area (Å²) in [7, 11) is 0. The Balaban J connectivity index is 2.12.